The third-order valence-corrected chi connectivity index (χ3v) is 17.6. The number of rotatable bonds is 6. The van der Waals surface area contributed by atoms with Crippen molar-refractivity contribution in [3.8, 4) is 101 Å². The zero-order valence-corrected chi connectivity index (χ0v) is 46.0. The van der Waals surface area contributed by atoms with Crippen molar-refractivity contribution in [2.75, 3.05) is 0 Å². The van der Waals surface area contributed by atoms with Crippen LogP contribution < -0.4 is 9.47 Å². The fourth-order valence-corrected chi connectivity index (χ4v) is 13.6. The maximum absolute atomic E-state index is 6.84. The highest BCUT2D eigenvalue weighted by molar-refractivity contribution is 6.24. The minimum atomic E-state index is 0.0197. The average Bonchev–Trinajstić information content (AvgIpc) is 3.53. The van der Waals surface area contributed by atoms with E-state index < -0.39 is 0 Å². The molecule has 16 rings (SSSR count). The molecule has 14 aromatic rings. The standard InChI is InChI=1S/C79H56O2/c1-46(2)47-26-28-50(29-27-47)73-61-18-6-8-20-63(61)75(54-34-38-57-59-22-10-14-48-16-12-24-69(77(48)59)80-71(57)44-54)65-40-32-52(42-67(65)73)53-33-41-66-68(43-53)74(51-30-36-56(37-31-51)79(3,4)5)62-19-7-9-21-64(62)76(66)55-35-39-58-60-23-11-15-49-17-13-25-70(78(49)60)81-72(58)45-55/h6-46H,1-5H3. The smallest absolute Gasteiger partial charge is 0.135 e. The molecule has 0 aliphatic carbocycles. The van der Waals surface area contributed by atoms with Crippen LogP contribution in [-0.2, 0) is 5.41 Å². The van der Waals surface area contributed by atoms with Gasteiger partial charge in [0.05, 0.1) is 0 Å². The fraction of sp³-hybridized carbons (Fsp3) is 0.0886. The normalized spacial score (nSPS) is 12.6. The molecule has 0 unspecified atom stereocenters. The van der Waals surface area contributed by atoms with Gasteiger partial charge in [-0.15, -0.1) is 0 Å². The number of hydrogen-bond donors (Lipinski definition) is 0. The molecule has 0 fully saturated rings. The Bertz CT molecular complexity index is 4960. The van der Waals surface area contributed by atoms with E-state index in [2.05, 4.69) is 277 Å². The van der Waals surface area contributed by atoms with E-state index in [0.717, 1.165) is 67.2 Å². The molecule has 0 atom stereocenters. The Kier molecular flexibility index (Phi) is 10.4. The van der Waals surface area contributed by atoms with Gasteiger partial charge >= 0.3 is 0 Å². The van der Waals surface area contributed by atoms with Crippen LogP contribution in [0.3, 0.4) is 0 Å². The molecule has 2 aliphatic rings. The lowest BCUT2D eigenvalue weighted by molar-refractivity contribution is 0.487. The fourth-order valence-electron chi connectivity index (χ4n) is 13.6. The summed E-state index contributed by atoms with van der Waals surface area (Å²) in [6, 6.07) is 90.4. The van der Waals surface area contributed by atoms with E-state index in [4.69, 9.17) is 9.47 Å². The highest BCUT2D eigenvalue weighted by Crippen LogP contribution is 2.53. The Labute approximate surface area is 472 Å². The molecule has 2 heterocycles. The lowest BCUT2D eigenvalue weighted by Gasteiger charge is -2.24. The van der Waals surface area contributed by atoms with E-state index in [-0.39, 0.29) is 5.41 Å². The van der Waals surface area contributed by atoms with Gasteiger partial charge in [0, 0.05) is 21.9 Å². The quantitative estimate of drug-likeness (QED) is 0.155. The van der Waals surface area contributed by atoms with Gasteiger partial charge in [0.2, 0.25) is 0 Å². The molecular formula is C79H56O2. The van der Waals surface area contributed by atoms with Gasteiger partial charge in [0.25, 0.3) is 0 Å². The van der Waals surface area contributed by atoms with Crippen molar-refractivity contribution in [1.29, 1.82) is 0 Å². The second-order valence-corrected chi connectivity index (χ2v) is 23.7. The predicted octanol–water partition coefficient (Wildman–Crippen LogP) is 22.9. The number of fused-ring (bicyclic) bond motifs is 8. The molecule has 0 bridgehead atoms. The van der Waals surface area contributed by atoms with Gasteiger partial charge in [-0.25, -0.2) is 0 Å². The Morgan fingerprint density at radius 3 is 1.07 bits per heavy atom. The molecule has 2 aliphatic heterocycles. The van der Waals surface area contributed by atoms with Gasteiger partial charge in [-0.1, -0.05) is 229 Å². The molecule has 0 N–H and O–H groups in total. The van der Waals surface area contributed by atoms with Crippen molar-refractivity contribution >= 4 is 64.6 Å². The topological polar surface area (TPSA) is 18.5 Å². The van der Waals surface area contributed by atoms with Crippen LogP contribution in [-0.4, -0.2) is 0 Å². The van der Waals surface area contributed by atoms with E-state index in [1.165, 1.54) is 109 Å². The second-order valence-electron chi connectivity index (χ2n) is 23.7. The SMILES string of the molecule is CC(C)c1ccc(-c2c3ccccc3c(-c3ccc4c(c3)Oc3cccc5cccc-4c35)c3ccc(-c4ccc5c(-c6ccc7c(c6)Oc6cccc8cccc-7c68)c6ccccc6c(-c6ccc(C(C)(C)C)cc6)c5c4)cc23)cc1. The van der Waals surface area contributed by atoms with Gasteiger partial charge in [-0.2, -0.15) is 0 Å². The zero-order chi connectivity index (χ0) is 54.3. The van der Waals surface area contributed by atoms with Gasteiger partial charge in [-0.3, -0.25) is 0 Å². The molecule has 0 radical (unpaired) electrons. The van der Waals surface area contributed by atoms with E-state index in [9.17, 15) is 0 Å². The van der Waals surface area contributed by atoms with Crippen molar-refractivity contribution in [3.63, 3.8) is 0 Å². The maximum atomic E-state index is 6.84. The van der Waals surface area contributed by atoms with Gasteiger partial charge in [-0.05, 0) is 192 Å². The van der Waals surface area contributed by atoms with Crippen molar-refractivity contribution in [2.45, 2.75) is 46.0 Å². The first-order valence-corrected chi connectivity index (χ1v) is 28.5. The van der Waals surface area contributed by atoms with Crippen molar-refractivity contribution in [2.24, 2.45) is 0 Å². The Balaban J connectivity index is 0.932. The number of benzene rings is 14. The van der Waals surface area contributed by atoms with Crippen molar-refractivity contribution < 1.29 is 9.47 Å². The molecule has 81 heavy (non-hydrogen) atoms. The second kappa shape index (κ2) is 17.9. The monoisotopic (exact) mass is 1040 g/mol. The van der Waals surface area contributed by atoms with E-state index in [1.807, 2.05) is 0 Å². The molecule has 0 spiro atoms. The van der Waals surface area contributed by atoms with Crippen molar-refractivity contribution in [3.05, 3.63) is 254 Å². The number of ether oxygens (including phenoxy) is 2. The Hall–Kier alpha value is -9.76. The van der Waals surface area contributed by atoms with E-state index >= 15 is 0 Å². The van der Waals surface area contributed by atoms with Gasteiger partial charge in [0.15, 0.2) is 0 Å². The highest BCUT2D eigenvalue weighted by Gasteiger charge is 2.26. The number of hydrogen-bond acceptors (Lipinski definition) is 2. The predicted molar refractivity (Wildman–Crippen MR) is 342 cm³/mol. The molecule has 2 nitrogen and oxygen atoms in total. The summed E-state index contributed by atoms with van der Waals surface area (Å²) in [5.41, 5.74) is 19.1. The summed E-state index contributed by atoms with van der Waals surface area (Å²) in [7, 11) is 0. The van der Waals surface area contributed by atoms with Crippen LogP contribution >= 0.6 is 0 Å². The highest BCUT2D eigenvalue weighted by atomic mass is 16.5. The molecule has 0 saturated heterocycles. The zero-order valence-electron chi connectivity index (χ0n) is 46.0. The summed E-state index contributed by atoms with van der Waals surface area (Å²) in [5.74, 6) is 3.96. The summed E-state index contributed by atoms with van der Waals surface area (Å²) >= 11 is 0. The molecule has 0 saturated carbocycles. The maximum Gasteiger partial charge on any atom is 0.135 e. The molecule has 0 amide bonds. The Morgan fingerprint density at radius 1 is 0.284 bits per heavy atom. The van der Waals surface area contributed by atoms with E-state index in [0.29, 0.717) is 5.92 Å². The van der Waals surface area contributed by atoms with Crippen LogP contribution in [0.2, 0.25) is 0 Å². The minimum absolute atomic E-state index is 0.0197. The summed E-state index contributed by atoms with van der Waals surface area (Å²) in [6.45, 7) is 11.4. The lowest BCUT2D eigenvalue weighted by Crippen LogP contribution is -2.10. The van der Waals surface area contributed by atoms with Crippen LogP contribution in [0.1, 0.15) is 51.7 Å². The van der Waals surface area contributed by atoms with Gasteiger partial charge < -0.3 is 9.47 Å². The summed E-state index contributed by atoms with van der Waals surface area (Å²) in [6.07, 6.45) is 0. The summed E-state index contributed by atoms with van der Waals surface area (Å²) < 4.78 is 13.7. The molecule has 2 heteroatoms. The Morgan fingerprint density at radius 2 is 0.654 bits per heavy atom. The lowest BCUT2D eigenvalue weighted by atomic mass is 9.82. The average molecular weight is 1040 g/mol. The third-order valence-electron chi connectivity index (χ3n) is 17.6. The first-order valence-electron chi connectivity index (χ1n) is 28.5. The first kappa shape index (κ1) is 47.3. The molecule has 14 aromatic carbocycles. The van der Waals surface area contributed by atoms with Crippen LogP contribution in [0.4, 0.5) is 0 Å². The minimum Gasteiger partial charge on any atom is -0.456 e. The first-order chi connectivity index (χ1) is 39.6. The van der Waals surface area contributed by atoms with Crippen LogP contribution in [0.15, 0.2) is 243 Å². The summed E-state index contributed by atoms with van der Waals surface area (Å²) in [4.78, 5) is 0. The summed E-state index contributed by atoms with van der Waals surface area (Å²) in [5, 5.41) is 14.3. The molecular weight excluding hydrogens is 981 g/mol. The van der Waals surface area contributed by atoms with Crippen LogP contribution in [0.5, 0.6) is 23.0 Å². The molecule has 384 valence electrons. The third kappa shape index (κ3) is 7.40. The van der Waals surface area contributed by atoms with E-state index in [1.54, 1.807) is 0 Å². The largest absolute Gasteiger partial charge is 0.456 e. The van der Waals surface area contributed by atoms with Gasteiger partial charge in [0.1, 0.15) is 23.0 Å². The van der Waals surface area contributed by atoms with Crippen LogP contribution in [0, 0.1) is 0 Å². The molecule has 0 aromatic heterocycles. The van der Waals surface area contributed by atoms with Crippen molar-refractivity contribution in [1.82, 2.24) is 0 Å². The van der Waals surface area contributed by atoms with Crippen LogP contribution in [0.25, 0.3) is 143 Å².